The number of ether oxygens (including phenoxy) is 1. The van der Waals surface area contributed by atoms with E-state index in [1.165, 1.54) is 32.4 Å². The lowest BCUT2D eigenvalue weighted by Crippen LogP contribution is -2.48. The number of hydrogen-bond acceptors (Lipinski definition) is 4. The molecule has 0 bridgehead atoms. The fourth-order valence-corrected chi connectivity index (χ4v) is 2.47. The van der Waals surface area contributed by atoms with Gasteiger partial charge in [-0.1, -0.05) is 6.42 Å². The maximum atomic E-state index is 11.9. The van der Waals surface area contributed by atoms with Crippen LogP contribution in [0.25, 0.3) is 0 Å². The number of nitrogens with zero attached hydrogens (tertiary/aromatic N) is 1. The first-order valence-electron chi connectivity index (χ1n) is 7.49. The predicted octanol–water partition coefficient (Wildman–Crippen LogP) is 2.18. The molecule has 0 radical (unpaired) electrons. The zero-order valence-electron chi connectivity index (χ0n) is 13.2. The van der Waals surface area contributed by atoms with Crippen LogP contribution >= 0.6 is 0 Å². The van der Waals surface area contributed by atoms with Crippen molar-refractivity contribution in [1.82, 2.24) is 10.2 Å². The molecule has 112 valence electrons. The number of esters is 1. The molecule has 1 aliphatic heterocycles. The number of hydrogen-bond donors (Lipinski definition) is 1. The van der Waals surface area contributed by atoms with Gasteiger partial charge in [-0.05, 0) is 60.5 Å². The van der Waals surface area contributed by atoms with Crippen LogP contribution in [-0.4, -0.2) is 48.2 Å². The van der Waals surface area contributed by atoms with Gasteiger partial charge in [-0.3, -0.25) is 4.79 Å². The van der Waals surface area contributed by atoms with Gasteiger partial charge in [0.2, 0.25) is 0 Å². The van der Waals surface area contributed by atoms with Crippen LogP contribution in [0, 0.1) is 0 Å². The van der Waals surface area contributed by atoms with E-state index in [-0.39, 0.29) is 12.0 Å². The Morgan fingerprint density at radius 1 is 1.21 bits per heavy atom. The number of carbonyl (C=O) groups is 1. The molecule has 1 aliphatic rings. The zero-order chi connectivity index (χ0) is 14.5. The van der Waals surface area contributed by atoms with Gasteiger partial charge in [-0.15, -0.1) is 0 Å². The fourth-order valence-electron chi connectivity index (χ4n) is 2.47. The zero-order valence-corrected chi connectivity index (χ0v) is 13.2. The summed E-state index contributed by atoms with van der Waals surface area (Å²) in [6, 6.07) is 0.0552. The Bertz CT molecular complexity index is 280. The first-order chi connectivity index (χ1) is 8.78. The van der Waals surface area contributed by atoms with Crippen molar-refractivity contribution in [3.63, 3.8) is 0 Å². The predicted molar refractivity (Wildman–Crippen MR) is 78.2 cm³/mol. The Morgan fingerprint density at radius 2 is 1.79 bits per heavy atom. The molecule has 0 aliphatic carbocycles. The van der Waals surface area contributed by atoms with Gasteiger partial charge in [0.15, 0.2) is 0 Å². The lowest BCUT2D eigenvalue weighted by Gasteiger charge is -2.31. The second-order valence-corrected chi connectivity index (χ2v) is 6.68. The van der Waals surface area contributed by atoms with Crippen molar-refractivity contribution in [1.29, 1.82) is 0 Å². The summed E-state index contributed by atoms with van der Waals surface area (Å²) in [5.41, 5.74) is -0.414. The third-order valence-corrected chi connectivity index (χ3v) is 3.28. The molecule has 1 N–H and O–H groups in total. The third kappa shape index (κ3) is 6.92. The molecule has 0 aromatic rings. The third-order valence-electron chi connectivity index (χ3n) is 3.28. The maximum Gasteiger partial charge on any atom is 0.323 e. The van der Waals surface area contributed by atoms with Gasteiger partial charge in [-0.2, -0.15) is 0 Å². The summed E-state index contributed by atoms with van der Waals surface area (Å²) >= 11 is 0. The summed E-state index contributed by atoms with van der Waals surface area (Å²) in [7, 11) is 0. The van der Waals surface area contributed by atoms with E-state index in [9.17, 15) is 4.79 Å². The normalized spacial score (nSPS) is 20.9. The van der Waals surface area contributed by atoms with E-state index in [1.807, 2.05) is 27.7 Å². The summed E-state index contributed by atoms with van der Waals surface area (Å²) in [4.78, 5) is 14.4. The molecule has 1 saturated heterocycles. The Balaban J connectivity index is 2.30. The van der Waals surface area contributed by atoms with Crippen LogP contribution in [0.5, 0.6) is 0 Å². The number of piperidine rings is 1. The van der Waals surface area contributed by atoms with E-state index >= 15 is 0 Å². The highest BCUT2D eigenvalue weighted by atomic mass is 16.6. The summed E-state index contributed by atoms with van der Waals surface area (Å²) in [5.74, 6) is -0.169. The molecule has 0 saturated carbocycles. The molecular weight excluding hydrogens is 240 g/mol. The average molecular weight is 270 g/mol. The number of rotatable bonds is 5. The molecule has 1 rings (SSSR count). The van der Waals surface area contributed by atoms with Crippen LogP contribution in [-0.2, 0) is 9.53 Å². The standard InChI is InChI=1S/C15H30N2O2/c1-12(11-17-9-7-6-8-10-17)16-13(2)14(18)19-15(3,4)5/h12-13,16H,6-11H2,1-5H3. The monoisotopic (exact) mass is 270 g/mol. The molecule has 1 heterocycles. The summed E-state index contributed by atoms with van der Waals surface area (Å²) in [5, 5.41) is 3.33. The second kappa shape index (κ2) is 7.25. The number of likely N-dealkylation sites (tertiary alicyclic amines) is 1. The molecule has 0 aromatic heterocycles. The van der Waals surface area contributed by atoms with Gasteiger partial charge in [0.25, 0.3) is 0 Å². The molecule has 2 unspecified atom stereocenters. The Morgan fingerprint density at radius 3 is 2.32 bits per heavy atom. The maximum absolute atomic E-state index is 11.9. The van der Waals surface area contributed by atoms with Crippen molar-refractivity contribution in [3.05, 3.63) is 0 Å². The van der Waals surface area contributed by atoms with E-state index in [0.29, 0.717) is 6.04 Å². The van der Waals surface area contributed by atoms with Crippen molar-refractivity contribution in [2.45, 2.75) is 71.6 Å². The topological polar surface area (TPSA) is 41.6 Å². The molecular formula is C15H30N2O2. The highest BCUT2D eigenvalue weighted by Crippen LogP contribution is 2.10. The Labute approximate surface area is 117 Å². The SMILES string of the molecule is CC(CN1CCCCC1)NC(C)C(=O)OC(C)(C)C. The molecule has 0 aromatic carbocycles. The van der Waals surface area contributed by atoms with Gasteiger partial charge in [0, 0.05) is 12.6 Å². The first-order valence-corrected chi connectivity index (χ1v) is 7.49. The van der Waals surface area contributed by atoms with E-state index in [4.69, 9.17) is 4.74 Å². The van der Waals surface area contributed by atoms with Crippen molar-refractivity contribution < 1.29 is 9.53 Å². The van der Waals surface area contributed by atoms with Gasteiger partial charge in [-0.25, -0.2) is 0 Å². The Hall–Kier alpha value is -0.610. The highest BCUT2D eigenvalue weighted by Gasteiger charge is 2.23. The molecule has 2 atom stereocenters. The minimum Gasteiger partial charge on any atom is -0.459 e. The largest absolute Gasteiger partial charge is 0.459 e. The molecule has 4 nitrogen and oxygen atoms in total. The second-order valence-electron chi connectivity index (χ2n) is 6.68. The van der Waals surface area contributed by atoms with E-state index in [2.05, 4.69) is 17.1 Å². The van der Waals surface area contributed by atoms with Crippen LogP contribution in [0.15, 0.2) is 0 Å². The average Bonchev–Trinajstić information content (AvgIpc) is 2.27. The molecule has 1 fully saturated rings. The number of carbonyl (C=O) groups excluding carboxylic acids is 1. The van der Waals surface area contributed by atoms with Crippen LogP contribution < -0.4 is 5.32 Å². The van der Waals surface area contributed by atoms with Crippen molar-refractivity contribution >= 4 is 5.97 Å². The summed E-state index contributed by atoms with van der Waals surface area (Å²) in [6.07, 6.45) is 3.95. The van der Waals surface area contributed by atoms with Crippen molar-refractivity contribution in [2.24, 2.45) is 0 Å². The van der Waals surface area contributed by atoms with E-state index in [1.54, 1.807) is 0 Å². The van der Waals surface area contributed by atoms with Crippen LogP contribution in [0.2, 0.25) is 0 Å². The van der Waals surface area contributed by atoms with Crippen LogP contribution in [0.4, 0.5) is 0 Å². The van der Waals surface area contributed by atoms with Gasteiger partial charge < -0.3 is 15.0 Å². The molecule has 0 amide bonds. The van der Waals surface area contributed by atoms with Gasteiger partial charge in [0.05, 0.1) is 0 Å². The number of nitrogens with one attached hydrogen (secondary N) is 1. The minimum atomic E-state index is -0.414. The Kier molecular flexibility index (Phi) is 6.27. The smallest absolute Gasteiger partial charge is 0.323 e. The van der Waals surface area contributed by atoms with Crippen LogP contribution in [0.1, 0.15) is 53.9 Å². The van der Waals surface area contributed by atoms with E-state index in [0.717, 1.165) is 6.54 Å². The highest BCUT2D eigenvalue weighted by molar-refractivity contribution is 5.75. The summed E-state index contributed by atoms with van der Waals surface area (Å²) < 4.78 is 5.38. The lowest BCUT2D eigenvalue weighted by atomic mass is 10.1. The van der Waals surface area contributed by atoms with E-state index < -0.39 is 5.60 Å². The molecule has 19 heavy (non-hydrogen) atoms. The quantitative estimate of drug-likeness (QED) is 0.778. The fraction of sp³-hybridized carbons (Fsp3) is 0.933. The molecule has 0 spiro atoms. The molecule has 4 heteroatoms. The van der Waals surface area contributed by atoms with Crippen LogP contribution in [0.3, 0.4) is 0 Å². The lowest BCUT2D eigenvalue weighted by molar-refractivity contribution is -0.157. The van der Waals surface area contributed by atoms with Gasteiger partial charge in [0.1, 0.15) is 11.6 Å². The minimum absolute atomic E-state index is 0.169. The van der Waals surface area contributed by atoms with Crippen molar-refractivity contribution in [2.75, 3.05) is 19.6 Å². The summed E-state index contributed by atoms with van der Waals surface area (Å²) in [6.45, 7) is 13.1. The first kappa shape index (κ1) is 16.4. The van der Waals surface area contributed by atoms with Crippen molar-refractivity contribution in [3.8, 4) is 0 Å². The van der Waals surface area contributed by atoms with Gasteiger partial charge >= 0.3 is 5.97 Å².